The number of rotatable bonds is 2. The summed E-state index contributed by atoms with van der Waals surface area (Å²) in [6.07, 6.45) is -2.83. The van der Waals surface area contributed by atoms with E-state index in [1.54, 1.807) is 32.0 Å². The van der Waals surface area contributed by atoms with Crippen LogP contribution in [0.5, 0.6) is 0 Å². The summed E-state index contributed by atoms with van der Waals surface area (Å²) >= 11 is 0. The number of fused-ring (bicyclic) bond motifs is 2. The Morgan fingerprint density at radius 3 is 2.37 bits per heavy atom. The molecule has 1 aliphatic carbocycles. The first-order chi connectivity index (χ1) is 14.1. The Balaban J connectivity index is 1.59. The minimum Gasteiger partial charge on any atom is -0.341 e. The highest BCUT2D eigenvalue weighted by Gasteiger charge is 2.84. The second-order valence-electron chi connectivity index (χ2n) is 8.15. The highest BCUT2D eigenvalue weighted by molar-refractivity contribution is 5.95. The van der Waals surface area contributed by atoms with E-state index in [1.165, 1.54) is 12.1 Å². The van der Waals surface area contributed by atoms with Crippen LogP contribution in [0.15, 0.2) is 52.2 Å². The molecule has 1 saturated carbocycles. The molecule has 10 heteroatoms. The monoisotopic (exact) mass is 420 g/mol. The van der Waals surface area contributed by atoms with Crippen molar-refractivity contribution in [3.63, 3.8) is 0 Å². The van der Waals surface area contributed by atoms with Gasteiger partial charge in [-0.05, 0) is 26.0 Å². The number of carbonyl (C=O) groups is 1. The second kappa shape index (κ2) is 5.93. The smallest absolute Gasteiger partial charge is 0.340 e. The van der Waals surface area contributed by atoms with E-state index in [0.29, 0.717) is 4.57 Å². The number of hydrogen-bond donors (Lipinski definition) is 0. The zero-order valence-electron chi connectivity index (χ0n) is 16.1. The maximum Gasteiger partial charge on any atom is 0.340 e. The van der Waals surface area contributed by atoms with Gasteiger partial charge in [0.15, 0.2) is 17.6 Å². The summed E-state index contributed by atoms with van der Waals surface area (Å²) in [5.74, 6) is -5.11. The van der Waals surface area contributed by atoms with Gasteiger partial charge in [0.05, 0.1) is 6.42 Å². The number of benzene rings is 1. The molecule has 1 aromatic carbocycles. The molecule has 2 aliphatic heterocycles. The van der Waals surface area contributed by atoms with E-state index in [2.05, 4.69) is 0 Å². The highest BCUT2D eigenvalue weighted by atomic mass is 19.3. The summed E-state index contributed by atoms with van der Waals surface area (Å²) in [5.41, 5.74) is -3.61. The van der Waals surface area contributed by atoms with Gasteiger partial charge in [-0.15, -0.1) is 0 Å². The molecule has 158 valence electrons. The Morgan fingerprint density at radius 2 is 1.73 bits per heavy atom. The van der Waals surface area contributed by atoms with Crippen LogP contribution in [0.3, 0.4) is 0 Å². The minimum atomic E-state index is -3.13. The van der Waals surface area contributed by atoms with Crippen molar-refractivity contribution in [2.75, 3.05) is 0 Å². The molecule has 1 aromatic heterocycles. The summed E-state index contributed by atoms with van der Waals surface area (Å²) in [5, 5.41) is 0. The molecule has 0 radical (unpaired) electrons. The summed E-state index contributed by atoms with van der Waals surface area (Å²) in [4.78, 5) is 38.1. The predicted octanol–water partition coefficient (Wildman–Crippen LogP) is 1.53. The van der Waals surface area contributed by atoms with Crippen LogP contribution in [-0.2, 0) is 14.2 Å². The van der Waals surface area contributed by atoms with Gasteiger partial charge in [-0.1, -0.05) is 18.2 Å². The lowest BCUT2D eigenvalue weighted by Crippen LogP contribution is -2.46. The summed E-state index contributed by atoms with van der Waals surface area (Å²) in [7, 11) is 0. The van der Waals surface area contributed by atoms with Crippen LogP contribution >= 0.6 is 0 Å². The molecular formula is C20H18F2N2O6. The molecule has 30 heavy (non-hydrogen) atoms. The van der Waals surface area contributed by atoms with E-state index in [0.717, 1.165) is 16.8 Å². The standard InChI is InChI=1S/C20H18F2N2O6/c1-18(2)28-13-14(29-18)19(10-20(19,21)22)30-16(13)23-9-8-12(25)24(17(23)27)15(26)11-6-4-3-5-7-11/h3-9,13-14,16H,10H2,1-2H3/t13-,14+,16-,19+/m0/s1. The first kappa shape index (κ1) is 19.3. The predicted molar refractivity (Wildman–Crippen MR) is 97.4 cm³/mol. The van der Waals surface area contributed by atoms with E-state index in [1.807, 2.05) is 0 Å². The Bertz CT molecular complexity index is 1160. The molecule has 2 aromatic rings. The van der Waals surface area contributed by atoms with Gasteiger partial charge in [0.25, 0.3) is 17.4 Å². The number of hydrogen-bond acceptors (Lipinski definition) is 6. The largest absolute Gasteiger partial charge is 0.341 e. The third-order valence-corrected chi connectivity index (χ3v) is 5.69. The Labute approximate surface area is 168 Å². The van der Waals surface area contributed by atoms with Crippen molar-refractivity contribution in [3.05, 3.63) is 69.0 Å². The first-order valence-electron chi connectivity index (χ1n) is 9.42. The van der Waals surface area contributed by atoms with Gasteiger partial charge in [0.2, 0.25) is 0 Å². The molecule has 2 saturated heterocycles. The van der Waals surface area contributed by atoms with Gasteiger partial charge in [-0.2, -0.15) is 4.57 Å². The molecular weight excluding hydrogens is 402 g/mol. The van der Waals surface area contributed by atoms with E-state index < -0.39 is 59.3 Å². The van der Waals surface area contributed by atoms with Crippen LogP contribution in [0.2, 0.25) is 0 Å². The van der Waals surface area contributed by atoms with Gasteiger partial charge in [0.1, 0.15) is 12.2 Å². The van der Waals surface area contributed by atoms with E-state index in [9.17, 15) is 23.2 Å². The number of carbonyl (C=O) groups excluding carboxylic acids is 1. The van der Waals surface area contributed by atoms with Crippen LogP contribution in [0.4, 0.5) is 8.78 Å². The van der Waals surface area contributed by atoms with Crippen LogP contribution in [-0.4, -0.2) is 44.6 Å². The van der Waals surface area contributed by atoms with Gasteiger partial charge < -0.3 is 14.2 Å². The molecule has 3 aliphatic rings. The van der Waals surface area contributed by atoms with Crippen molar-refractivity contribution in [3.8, 4) is 0 Å². The van der Waals surface area contributed by atoms with Crippen LogP contribution in [0.1, 0.15) is 36.9 Å². The first-order valence-corrected chi connectivity index (χ1v) is 9.42. The van der Waals surface area contributed by atoms with Crippen molar-refractivity contribution in [1.82, 2.24) is 9.13 Å². The second-order valence-corrected chi connectivity index (χ2v) is 8.15. The normalized spacial score (nSPS) is 32.9. The fraction of sp³-hybridized carbons (Fsp3) is 0.450. The summed E-state index contributed by atoms with van der Waals surface area (Å²) in [6, 6.07) is 8.80. The van der Waals surface area contributed by atoms with Gasteiger partial charge in [-0.3, -0.25) is 14.2 Å². The fourth-order valence-corrected chi connectivity index (χ4v) is 4.23. The molecule has 0 bridgehead atoms. The lowest BCUT2D eigenvalue weighted by Gasteiger charge is -2.25. The number of halogens is 2. The van der Waals surface area contributed by atoms with Crippen molar-refractivity contribution in [2.45, 2.75) is 56.0 Å². The Morgan fingerprint density at radius 1 is 1.07 bits per heavy atom. The van der Waals surface area contributed by atoms with Crippen molar-refractivity contribution < 1.29 is 27.8 Å². The topological polar surface area (TPSA) is 88.8 Å². The van der Waals surface area contributed by atoms with E-state index >= 15 is 0 Å². The quantitative estimate of drug-likeness (QED) is 0.732. The molecule has 3 heterocycles. The van der Waals surface area contributed by atoms with Crippen molar-refractivity contribution >= 4 is 5.91 Å². The third kappa shape index (κ3) is 2.57. The molecule has 3 fully saturated rings. The van der Waals surface area contributed by atoms with Gasteiger partial charge >= 0.3 is 5.69 Å². The summed E-state index contributed by atoms with van der Waals surface area (Å²) < 4.78 is 46.9. The van der Waals surface area contributed by atoms with Crippen LogP contribution in [0, 0.1) is 0 Å². The van der Waals surface area contributed by atoms with E-state index in [-0.39, 0.29) is 5.56 Å². The zero-order chi connectivity index (χ0) is 21.5. The molecule has 1 spiro atoms. The average molecular weight is 420 g/mol. The Hall–Kier alpha value is -2.69. The number of nitrogens with zero attached hydrogens (tertiary/aromatic N) is 2. The lowest BCUT2D eigenvalue weighted by molar-refractivity contribution is -0.214. The van der Waals surface area contributed by atoms with Gasteiger partial charge in [0, 0.05) is 17.8 Å². The van der Waals surface area contributed by atoms with Crippen LogP contribution in [0.25, 0.3) is 0 Å². The molecule has 8 nitrogen and oxygen atoms in total. The SMILES string of the molecule is CC1(C)O[C@H]2[C@@H](O1)[C@@]1(CC1(F)F)O[C@@H]2n1ccc(=O)n(C(=O)c2ccccc2)c1=O. The zero-order valence-corrected chi connectivity index (χ0v) is 16.1. The summed E-state index contributed by atoms with van der Waals surface area (Å²) in [6.45, 7) is 3.17. The molecule has 5 rings (SSSR count). The molecule has 0 N–H and O–H groups in total. The lowest BCUT2D eigenvalue weighted by atomic mass is 10.1. The maximum absolute atomic E-state index is 14.2. The number of aromatic nitrogens is 2. The average Bonchev–Trinajstić information content (AvgIpc) is 2.92. The number of ether oxygens (including phenoxy) is 3. The third-order valence-electron chi connectivity index (χ3n) is 5.69. The van der Waals surface area contributed by atoms with Crippen molar-refractivity contribution in [2.24, 2.45) is 0 Å². The van der Waals surface area contributed by atoms with Crippen LogP contribution < -0.4 is 11.2 Å². The molecule has 4 atom stereocenters. The molecule has 0 amide bonds. The maximum atomic E-state index is 14.2. The molecule has 0 unspecified atom stereocenters. The Kier molecular flexibility index (Phi) is 3.81. The van der Waals surface area contributed by atoms with E-state index in [4.69, 9.17) is 14.2 Å². The number of alkyl halides is 2. The van der Waals surface area contributed by atoms with Crippen molar-refractivity contribution in [1.29, 1.82) is 0 Å². The minimum absolute atomic E-state index is 0.131. The highest BCUT2D eigenvalue weighted by Crippen LogP contribution is 2.66. The fourth-order valence-electron chi connectivity index (χ4n) is 4.23. The van der Waals surface area contributed by atoms with Gasteiger partial charge in [-0.25, -0.2) is 13.6 Å².